The molecule has 14 heavy (non-hydrogen) atoms. The summed E-state index contributed by atoms with van der Waals surface area (Å²) in [5, 5.41) is 0.953. The number of benzene rings is 1. The fraction of sp³-hybridized carbons (Fsp3) is 0.250. The van der Waals surface area contributed by atoms with Crippen molar-refractivity contribution in [1.29, 1.82) is 0 Å². The molecule has 0 saturated carbocycles. The van der Waals surface area contributed by atoms with E-state index < -0.39 is 4.84 Å². The second-order valence-electron chi connectivity index (χ2n) is 2.60. The lowest BCUT2D eigenvalue weighted by Crippen LogP contribution is -1.93. The summed E-state index contributed by atoms with van der Waals surface area (Å²) in [6, 6.07) is 0. The summed E-state index contributed by atoms with van der Waals surface area (Å²) in [6.07, 6.45) is 0. The van der Waals surface area contributed by atoms with Crippen LogP contribution in [-0.2, 0) is 0 Å². The zero-order valence-corrected chi connectivity index (χ0v) is 11.4. The van der Waals surface area contributed by atoms with Gasteiger partial charge in [0, 0.05) is 5.56 Å². The lowest BCUT2D eigenvalue weighted by atomic mass is 10.1. The van der Waals surface area contributed by atoms with Crippen LogP contribution in [0.1, 0.15) is 16.0 Å². The molecule has 0 fully saturated rings. The van der Waals surface area contributed by atoms with Crippen molar-refractivity contribution in [2.24, 2.45) is 0 Å². The minimum absolute atomic E-state index is 0.172. The Balaban J connectivity index is 3.60. The predicted octanol–water partition coefficient (Wildman–Crippen LogP) is 6.08. The van der Waals surface area contributed by atoms with Gasteiger partial charge in [-0.3, -0.25) is 0 Å². The zero-order chi connectivity index (χ0) is 11.0. The normalized spacial score (nSPS) is 11.1. The van der Waals surface area contributed by atoms with Crippen molar-refractivity contribution in [3.8, 4) is 0 Å². The SMILES string of the molecule is Cc1c(Cl)c(Cl)c(Cl)c(Cl)c1C(Cl)Cl. The molecule has 0 spiro atoms. The molecule has 1 aromatic rings. The molecule has 0 aliphatic carbocycles. The molecule has 0 heterocycles. The van der Waals surface area contributed by atoms with Gasteiger partial charge in [0.05, 0.1) is 20.1 Å². The first-order valence-electron chi connectivity index (χ1n) is 3.48. The highest BCUT2D eigenvalue weighted by atomic mass is 35.5. The molecule has 1 rings (SSSR count). The van der Waals surface area contributed by atoms with Gasteiger partial charge in [-0.15, -0.1) is 0 Å². The van der Waals surface area contributed by atoms with Crippen LogP contribution in [-0.4, -0.2) is 0 Å². The molecular weight excluding hydrogens is 309 g/mol. The van der Waals surface area contributed by atoms with E-state index in [4.69, 9.17) is 69.6 Å². The molecular formula is C8H4Cl6. The molecule has 6 heteroatoms. The maximum absolute atomic E-state index is 5.93. The van der Waals surface area contributed by atoms with E-state index >= 15 is 0 Å². The minimum atomic E-state index is -0.783. The van der Waals surface area contributed by atoms with Gasteiger partial charge in [-0.25, -0.2) is 0 Å². The van der Waals surface area contributed by atoms with Crippen molar-refractivity contribution in [3.63, 3.8) is 0 Å². The van der Waals surface area contributed by atoms with Crippen molar-refractivity contribution >= 4 is 69.6 Å². The summed E-state index contributed by atoms with van der Waals surface area (Å²) in [5.41, 5.74) is 1.13. The van der Waals surface area contributed by atoms with E-state index in [0.717, 1.165) is 0 Å². The molecule has 0 saturated heterocycles. The number of hydrogen-bond donors (Lipinski definition) is 0. The summed E-state index contributed by atoms with van der Waals surface area (Å²) in [7, 11) is 0. The molecule has 0 nitrogen and oxygen atoms in total. The van der Waals surface area contributed by atoms with Gasteiger partial charge in [-0.1, -0.05) is 69.6 Å². The van der Waals surface area contributed by atoms with Crippen LogP contribution in [0.4, 0.5) is 0 Å². The van der Waals surface area contributed by atoms with Crippen LogP contribution in [0.3, 0.4) is 0 Å². The second kappa shape index (κ2) is 4.86. The number of rotatable bonds is 1. The average molecular weight is 313 g/mol. The topological polar surface area (TPSA) is 0 Å². The van der Waals surface area contributed by atoms with Crippen LogP contribution < -0.4 is 0 Å². The van der Waals surface area contributed by atoms with Crippen molar-refractivity contribution in [2.75, 3.05) is 0 Å². The van der Waals surface area contributed by atoms with Crippen molar-refractivity contribution < 1.29 is 0 Å². The van der Waals surface area contributed by atoms with Crippen molar-refractivity contribution in [1.82, 2.24) is 0 Å². The maximum atomic E-state index is 5.93. The molecule has 0 N–H and O–H groups in total. The van der Waals surface area contributed by atoms with Gasteiger partial charge in [-0.05, 0) is 12.5 Å². The minimum Gasteiger partial charge on any atom is -0.1000 e. The quantitative estimate of drug-likeness (QED) is 0.334. The van der Waals surface area contributed by atoms with Crippen LogP contribution in [0.2, 0.25) is 20.1 Å². The van der Waals surface area contributed by atoms with Crippen LogP contribution in [0.25, 0.3) is 0 Å². The lowest BCUT2D eigenvalue weighted by Gasteiger charge is -2.13. The van der Waals surface area contributed by atoms with Crippen molar-refractivity contribution in [3.05, 3.63) is 31.2 Å². The zero-order valence-electron chi connectivity index (χ0n) is 6.85. The second-order valence-corrected chi connectivity index (χ2v) is 5.20. The maximum Gasteiger partial charge on any atom is 0.134 e. The van der Waals surface area contributed by atoms with E-state index in [0.29, 0.717) is 16.1 Å². The molecule has 0 radical (unpaired) electrons. The van der Waals surface area contributed by atoms with Crippen LogP contribution >= 0.6 is 69.6 Å². The fourth-order valence-electron chi connectivity index (χ4n) is 1.02. The van der Waals surface area contributed by atoms with E-state index in [1.54, 1.807) is 6.92 Å². The first-order valence-corrected chi connectivity index (χ1v) is 5.87. The molecule has 78 valence electrons. The first-order chi connectivity index (χ1) is 6.37. The van der Waals surface area contributed by atoms with Gasteiger partial charge in [0.15, 0.2) is 0 Å². The Morgan fingerprint density at radius 3 is 1.64 bits per heavy atom. The lowest BCUT2D eigenvalue weighted by molar-refractivity contribution is 1.27. The molecule has 0 unspecified atom stereocenters. The van der Waals surface area contributed by atoms with Gasteiger partial charge >= 0.3 is 0 Å². The summed E-state index contributed by atoms with van der Waals surface area (Å²) < 4.78 is 0. The van der Waals surface area contributed by atoms with E-state index in [9.17, 15) is 0 Å². The van der Waals surface area contributed by atoms with E-state index in [1.165, 1.54) is 0 Å². The molecule has 0 amide bonds. The molecule has 0 atom stereocenters. The highest BCUT2D eigenvalue weighted by Gasteiger charge is 2.21. The van der Waals surface area contributed by atoms with E-state index in [-0.39, 0.29) is 15.1 Å². The highest BCUT2D eigenvalue weighted by Crippen LogP contribution is 2.45. The molecule has 1 aromatic carbocycles. The van der Waals surface area contributed by atoms with Crippen molar-refractivity contribution in [2.45, 2.75) is 11.8 Å². The third-order valence-electron chi connectivity index (χ3n) is 1.77. The summed E-state index contributed by atoms with van der Waals surface area (Å²) in [5.74, 6) is 0. The van der Waals surface area contributed by atoms with Gasteiger partial charge in [0.2, 0.25) is 0 Å². The monoisotopic (exact) mass is 310 g/mol. The number of halogens is 6. The van der Waals surface area contributed by atoms with Crippen LogP contribution in [0.5, 0.6) is 0 Å². The van der Waals surface area contributed by atoms with Crippen LogP contribution in [0.15, 0.2) is 0 Å². The largest absolute Gasteiger partial charge is 0.134 e. The summed E-state index contributed by atoms with van der Waals surface area (Å²) in [4.78, 5) is -0.783. The molecule has 0 aromatic heterocycles. The van der Waals surface area contributed by atoms with E-state index in [2.05, 4.69) is 0 Å². The van der Waals surface area contributed by atoms with Gasteiger partial charge in [0.1, 0.15) is 4.84 Å². The Morgan fingerprint density at radius 2 is 1.21 bits per heavy atom. The van der Waals surface area contributed by atoms with E-state index in [1.807, 2.05) is 0 Å². The Bertz CT molecular complexity index is 342. The Kier molecular flexibility index (Phi) is 4.52. The Morgan fingerprint density at radius 1 is 0.786 bits per heavy atom. The Hall–Kier alpha value is 0.960. The highest BCUT2D eigenvalue weighted by molar-refractivity contribution is 6.53. The standard InChI is InChI=1S/C8H4Cl6/c1-2-3(8(13)14)5(10)7(12)6(11)4(2)9/h8H,1H3. The summed E-state index contributed by atoms with van der Waals surface area (Å²) in [6.45, 7) is 1.73. The smallest absolute Gasteiger partial charge is 0.1000 e. The van der Waals surface area contributed by atoms with Gasteiger partial charge in [-0.2, -0.15) is 0 Å². The molecule has 0 aliphatic rings. The molecule has 0 aliphatic heterocycles. The predicted molar refractivity (Wildman–Crippen MR) is 65.7 cm³/mol. The third kappa shape index (κ3) is 2.21. The van der Waals surface area contributed by atoms with Gasteiger partial charge < -0.3 is 0 Å². The summed E-state index contributed by atoms with van der Waals surface area (Å²) >= 11 is 35.0. The average Bonchev–Trinajstić information content (AvgIpc) is 2.11. The fourth-order valence-corrected chi connectivity index (χ4v) is 2.75. The van der Waals surface area contributed by atoms with Crippen LogP contribution in [0, 0.1) is 6.92 Å². The first kappa shape index (κ1) is 13.0. The molecule has 0 bridgehead atoms. The number of hydrogen-bond acceptors (Lipinski definition) is 0. The van der Waals surface area contributed by atoms with Gasteiger partial charge in [0.25, 0.3) is 0 Å². The third-order valence-corrected chi connectivity index (χ3v) is 4.11. The number of alkyl halides is 2. The Labute approximate surface area is 112 Å².